The molecule has 0 N–H and O–H groups in total. The van der Waals surface area contributed by atoms with Gasteiger partial charge in [0.15, 0.2) is 11.6 Å². The van der Waals surface area contributed by atoms with Crippen molar-refractivity contribution in [3.8, 4) is 11.8 Å². The Kier molecular flexibility index (Phi) is 6.09. The summed E-state index contributed by atoms with van der Waals surface area (Å²) in [5.74, 6) is 0.0779. The molecule has 2 aliphatic rings. The molecule has 0 aliphatic carbocycles. The first kappa shape index (κ1) is 22.5. The highest BCUT2D eigenvalue weighted by Gasteiger charge is 2.40. The second-order valence-electron chi connectivity index (χ2n) is 8.55. The maximum atomic E-state index is 13.0. The zero-order valence-corrected chi connectivity index (χ0v) is 19.6. The van der Waals surface area contributed by atoms with E-state index in [0.717, 1.165) is 24.2 Å². The van der Waals surface area contributed by atoms with E-state index >= 15 is 0 Å². The molecule has 5 rings (SSSR count). The Labute approximate surface area is 202 Å². The number of ketones is 1. The van der Waals surface area contributed by atoms with Gasteiger partial charge in [-0.2, -0.15) is 10.4 Å². The van der Waals surface area contributed by atoms with Crippen LogP contribution in [0.2, 0.25) is 5.02 Å². The largest absolute Gasteiger partial charge is 0.355 e. The van der Waals surface area contributed by atoms with Crippen LogP contribution in [0.15, 0.2) is 42.7 Å². The summed E-state index contributed by atoms with van der Waals surface area (Å²) in [7, 11) is 0. The second kappa shape index (κ2) is 9.18. The first-order valence-electron chi connectivity index (χ1n) is 11.2. The van der Waals surface area contributed by atoms with E-state index in [4.69, 9.17) is 21.1 Å². The summed E-state index contributed by atoms with van der Waals surface area (Å²) in [5, 5.41) is 14.8. The monoisotopic (exact) mass is 477 g/mol. The second-order valence-corrected chi connectivity index (χ2v) is 8.99. The van der Waals surface area contributed by atoms with Gasteiger partial charge < -0.3 is 14.4 Å². The molecule has 2 fully saturated rings. The molecule has 2 aromatic heterocycles. The van der Waals surface area contributed by atoms with Crippen LogP contribution in [0, 0.1) is 18.3 Å². The molecule has 0 saturated carbocycles. The number of nitrogens with zero attached hydrogens (tertiary/aromatic N) is 5. The van der Waals surface area contributed by atoms with Crippen LogP contribution >= 0.6 is 11.6 Å². The first-order valence-corrected chi connectivity index (χ1v) is 11.6. The molecule has 9 heteroatoms. The molecule has 4 heterocycles. The number of hydrogen-bond acceptors (Lipinski definition) is 7. The highest BCUT2D eigenvalue weighted by Crippen LogP contribution is 2.33. The molecule has 1 aromatic carbocycles. The van der Waals surface area contributed by atoms with Crippen LogP contribution in [0.4, 0.5) is 5.82 Å². The van der Waals surface area contributed by atoms with Gasteiger partial charge in [0.05, 0.1) is 41.9 Å². The van der Waals surface area contributed by atoms with Crippen LogP contribution in [0.3, 0.4) is 0 Å². The molecule has 174 valence electrons. The zero-order chi connectivity index (χ0) is 23.7. The number of aromatic nitrogens is 3. The molecule has 2 saturated heterocycles. The molecule has 8 nitrogen and oxygen atoms in total. The van der Waals surface area contributed by atoms with Crippen molar-refractivity contribution in [1.82, 2.24) is 14.8 Å². The van der Waals surface area contributed by atoms with Gasteiger partial charge in [-0.1, -0.05) is 11.6 Å². The molecule has 1 spiro atoms. The van der Waals surface area contributed by atoms with Crippen molar-refractivity contribution in [3.05, 3.63) is 70.1 Å². The van der Waals surface area contributed by atoms with Gasteiger partial charge in [0, 0.05) is 43.6 Å². The molecule has 2 aliphatic heterocycles. The molecule has 0 radical (unpaired) electrons. The van der Waals surface area contributed by atoms with E-state index in [2.05, 4.69) is 21.1 Å². The van der Waals surface area contributed by atoms with E-state index < -0.39 is 5.79 Å². The molecule has 3 aromatic rings. The van der Waals surface area contributed by atoms with Crippen molar-refractivity contribution in [3.63, 3.8) is 0 Å². The Morgan fingerprint density at radius 3 is 2.56 bits per heavy atom. The van der Waals surface area contributed by atoms with Gasteiger partial charge in [-0.05, 0) is 42.8 Å². The van der Waals surface area contributed by atoms with E-state index in [-0.39, 0.29) is 12.2 Å². The summed E-state index contributed by atoms with van der Waals surface area (Å²) >= 11 is 5.97. The highest BCUT2D eigenvalue weighted by molar-refractivity contribution is 6.30. The average molecular weight is 478 g/mol. The fraction of sp³-hybridized carbons (Fsp3) is 0.360. The molecule has 0 atom stereocenters. The van der Waals surface area contributed by atoms with E-state index in [1.165, 1.54) is 0 Å². The Morgan fingerprint density at radius 2 is 1.88 bits per heavy atom. The van der Waals surface area contributed by atoms with E-state index in [1.807, 2.05) is 19.1 Å². The van der Waals surface area contributed by atoms with Gasteiger partial charge in [0.2, 0.25) is 0 Å². The van der Waals surface area contributed by atoms with Crippen molar-refractivity contribution < 1.29 is 14.3 Å². The zero-order valence-electron chi connectivity index (χ0n) is 18.8. The lowest BCUT2D eigenvalue weighted by molar-refractivity contribution is -0.169. The average Bonchev–Trinajstić information content (AvgIpc) is 3.47. The maximum absolute atomic E-state index is 13.0. The minimum atomic E-state index is -0.482. The summed E-state index contributed by atoms with van der Waals surface area (Å²) in [5.41, 5.74) is 3.27. The predicted octanol–water partition coefficient (Wildman–Crippen LogP) is 3.87. The number of piperidine rings is 1. The fourth-order valence-corrected chi connectivity index (χ4v) is 4.71. The Balaban J connectivity index is 1.30. The normalized spacial score (nSPS) is 17.1. The fourth-order valence-electron chi connectivity index (χ4n) is 4.58. The van der Waals surface area contributed by atoms with Crippen LogP contribution < -0.4 is 4.90 Å². The molecular formula is C25H24ClN5O3. The van der Waals surface area contributed by atoms with Gasteiger partial charge in [0.25, 0.3) is 0 Å². The number of pyridine rings is 1. The van der Waals surface area contributed by atoms with Crippen molar-refractivity contribution in [2.45, 2.75) is 32.0 Å². The van der Waals surface area contributed by atoms with Crippen molar-refractivity contribution >= 4 is 23.2 Å². The number of nitriles is 1. The lowest BCUT2D eigenvalue weighted by atomic mass is 10.0. The first-order chi connectivity index (χ1) is 16.5. The SMILES string of the molecule is Cc1c(C(=O)Cc2cnc(N3CCC4(CC3)OCCO4)c(C#N)c2)cnn1-c1ccc(Cl)cc1. The van der Waals surface area contributed by atoms with Crippen molar-refractivity contribution in [2.24, 2.45) is 0 Å². The molecule has 34 heavy (non-hydrogen) atoms. The third-order valence-electron chi connectivity index (χ3n) is 6.43. The third-order valence-corrected chi connectivity index (χ3v) is 6.68. The number of halogens is 1. The van der Waals surface area contributed by atoms with Gasteiger partial charge in [-0.25, -0.2) is 9.67 Å². The Bertz CT molecular complexity index is 1250. The van der Waals surface area contributed by atoms with Gasteiger partial charge in [-0.15, -0.1) is 0 Å². The minimum Gasteiger partial charge on any atom is -0.355 e. The van der Waals surface area contributed by atoms with Crippen molar-refractivity contribution in [1.29, 1.82) is 5.26 Å². The summed E-state index contributed by atoms with van der Waals surface area (Å²) in [6, 6.07) is 11.3. The number of hydrogen-bond donors (Lipinski definition) is 0. The van der Waals surface area contributed by atoms with E-state index in [0.29, 0.717) is 53.8 Å². The van der Waals surface area contributed by atoms with Crippen LogP contribution in [0.1, 0.15) is 40.0 Å². The molecule has 0 bridgehead atoms. The minimum absolute atomic E-state index is 0.0772. The van der Waals surface area contributed by atoms with E-state index in [1.54, 1.807) is 35.3 Å². The van der Waals surface area contributed by atoms with Crippen LogP contribution in [0.5, 0.6) is 0 Å². The Morgan fingerprint density at radius 1 is 1.18 bits per heavy atom. The lowest BCUT2D eigenvalue weighted by Crippen LogP contribution is -2.45. The maximum Gasteiger partial charge on any atom is 0.171 e. The van der Waals surface area contributed by atoms with Crippen molar-refractivity contribution in [2.75, 3.05) is 31.2 Å². The van der Waals surface area contributed by atoms with Crippen LogP contribution in [-0.4, -0.2) is 52.6 Å². The van der Waals surface area contributed by atoms with Crippen LogP contribution in [-0.2, 0) is 15.9 Å². The number of ether oxygens (including phenoxy) is 2. The summed E-state index contributed by atoms with van der Waals surface area (Å²) in [4.78, 5) is 19.7. The smallest absolute Gasteiger partial charge is 0.171 e. The van der Waals surface area contributed by atoms with Crippen LogP contribution in [0.25, 0.3) is 5.69 Å². The predicted molar refractivity (Wildman–Crippen MR) is 126 cm³/mol. The van der Waals surface area contributed by atoms with Gasteiger partial charge in [-0.3, -0.25) is 4.79 Å². The van der Waals surface area contributed by atoms with Gasteiger partial charge >= 0.3 is 0 Å². The molecule has 0 unspecified atom stereocenters. The number of benzene rings is 1. The number of rotatable bonds is 5. The van der Waals surface area contributed by atoms with E-state index in [9.17, 15) is 10.1 Å². The number of Topliss-reactive ketones (excluding diaryl/α,β-unsaturated/α-hetero) is 1. The summed E-state index contributed by atoms with van der Waals surface area (Å²) < 4.78 is 13.3. The van der Waals surface area contributed by atoms with Gasteiger partial charge in [0.1, 0.15) is 11.9 Å². The molecular weight excluding hydrogens is 454 g/mol. The number of anilines is 1. The highest BCUT2D eigenvalue weighted by atomic mass is 35.5. The third kappa shape index (κ3) is 4.30. The topological polar surface area (TPSA) is 93.3 Å². The standard InChI is InChI=1S/C25H24ClN5O3/c1-17-22(16-29-31(17)21-4-2-20(26)3-5-21)23(32)13-18-12-19(14-27)24(28-15-18)30-8-6-25(7-9-30)33-10-11-34-25/h2-5,12,15-16H,6-11,13H2,1H3. The Hall–Kier alpha value is -3.25. The lowest BCUT2D eigenvalue weighted by Gasteiger charge is -2.38. The summed E-state index contributed by atoms with van der Waals surface area (Å²) in [6.45, 7) is 4.51. The quantitative estimate of drug-likeness (QED) is 0.515. The summed E-state index contributed by atoms with van der Waals surface area (Å²) in [6.07, 6.45) is 4.86. The number of carbonyl (C=O) groups excluding carboxylic acids is 1. The number of carbonyl (C=O) groups is 1. The molecule has 0 amide bonds.